The third kappa shape index (κ3) is 1.71. The topological polar surface area (TPSA) is 43.1 Å². The number of nitrogens with two attached hydrogens (primary N) is 1. The van der Waals surface area contributed by atoms with Gasteiger partial charge in [-0.1, -0.05) is 12.1 Å². The number of hydrogen-bond donors (Lipinski definition) is 1. The molecule has 1 aromatic rings. The summed E-state index contributed by atoms with van der Waals surface area (Å²) < 4.78 is 12.1. The minimum atomic E-state index is -0.606. The Morgan fingerprint density at radius 2 is 2.09 bits per heavy atom. The highest BCUT2D eigenvalue weighted by Crippen LogP contribution is 2.22. The molecular formula is C7H6FNOS. The number of amides is 1. The van der Waals surface area contributed by atoms with E-state index in [1.165, 1.54) is 12.1 Å². The number of hydrogen-bond acceptors (Lipinski definition) is 2. The zero-order valence-corrected chi connectivity index (χ0v) is 6.40. The Hall–Kier alpha value is -1.03. The molecule has 0 spiro atoms. The van der Waals surface area contributed by atoms with Gasteiger partial charge in [-0.15, -0.1) is 0 Å². The van der Waals surface area contributed by atoms with Crippen LogP contribution in [0, 0.1) is 0 Å². The normalized spacial score (nSPS) is 9.55. The number of primary amides is 1. The fourth-order valence-electron chi connectivity index (χ4n) is 0.737. The summed E-state index contributed by atoms with van der Waals surface area (Å²) in [7, 11) is 0. The van der Waals surface area contributed by atoms with Gasteiger partial charge >= 0.3 is 0 Å². The highest BCUT2D eigenvalue weighted by Gasteiger charge is 2.06. The van der Waals surface area contributed by atoms with Crippen LogP contribution < -0.4 is 5.73 Å². The fraction of sp³-hybridized carbons (Fsp3) is 0. The van der Waals surface area contributed by atoms with Gasteiger partial charge in [0.05, 0.1) is 22.6 Å². The Kier molecular flexibility index (Phi) is 2.48. The van der Waals surface area contributed by atoms with Crippen LogP contribution in [0.2, 0.25) is 0 Å². The van der Waals surface area contributed by atoms with E-state index in [1.807, 2.05) is 0 Å². The molecule has 0 heterocycles. The van der Waals surface area contributed by atoms with Gasteiger partial charge in [0.1, 0.15) is 0 Å². The van der Waals surface area contributed by atoms with Crippen LogP contribution >= 0.6 is 12.1 Å². The Morgan fingerprint density at radius 1 is 1.45 bits per heavy atom. The number of rotatable bonds is 2. The summed E-state index contributed by atoms with van der Waals surface area (Å²) in [5.74, 6) is -0.606. The largest absolute Gasteiger partial charge is 0.366 e. The molecule has 58 valence electrons. The lowest BCUT2D eigenvalue weighted by Gasteiger charge is -1.98. The Balaban J connectivity index is 3.12. The van der Waals surface area contributed by atoms with Crippen molar-refractivity contribution in [1.82, 2.24) is 0 Å². The Labute approximate surface area is 67.9 Å². The molecule has 0 bridgehead atoms. The minimum Gasteiger partial charge on any atom is -0.366 e. The zero-order chi connectivity index (χ0) is 8.27. The van der Waals surface area contributed by atoms with Crippen LogP contribution in [0.1, 0.15) is 10.4 Å². The van der Waals surface area contributed by atoms with Crippen molar-refractivity contribution in [2.45, 2.75) is 4.90 Å². The molecule has 0 saturated heterocycles. The number of carbonyl (C=O) groups is 1. The van der Waals surface area contributed by atoms with Gasteiger partial charge in [-0.25, -0.2) is 0 Å². The maximum absolute atomic E-state index is 12.1. The monoisotopic (exact) mass is 171 g/mol. The molecule has 1 amide bonds. The van der Waals surface area contributed by atoms with Crippen molar-refractivity contribution in [1.29, 1.82) is 0 Å². The number of carbonyl (C=O) groups excluding carboxylic acids is 1. The molecule has 11 heavy (non-hydrogen) atoms. The van der Waals surface area contributed by atoms with E-state index in [0.717, 1.165) is 0 Å². The molecular weight excluding hydrogens is 165 g/mol. The first-order chi connectivity index (χ1) is 5.25. The first kappa shape index (κ1) is 8.07. The lowest BCUT2D eigenvalue weighted by Crippen LogP contribution is -2.11. The standard InChI is InChI=1S/C7H6FNOS/c8-11-6-4-2-1-3-5(6)7(9)10/h1-4H,(H2,9,10). The van der Waals surface area contributed by atoms with Crippen molar-refractivity contribution < 1.29 is 8.68 Å². The van der Waals surface area contributed by atoms with Crippen LogP contribution in [0.3, 0.4) is 0 Å². The quantitative estimate of drug-likeness (QED) is 0.736. The van der Waals surface area contributed by atoms with E-state index in [9.17, 15) is 8.68 Å². The van der Waals surface area contributed by atoms with E-state index in [1.54, 1.807) is 12.1 Å². The maximum Gasteiger partial charge on any atom is 0.249 e. The van der Waals surface area contributed by atoms with E-state index >= 15 is 0 Å². The van der Waals surface area contributed by atoms with E-state index in [2.05, 4.69) is 0 Å². The highest BCUT2D eigenvalue weighted by atomic mass is 32.2. The summed E-state index contributed by atoms with van der Waals surface area (Å²) in [5.41, 5.74) is 5.19. The molecule has 1 aromatic carbocycles. The summed E-state index contributed by atoms with van der Waals surface area (Å²) in [6, 6.07) is 6.28. The van der Waals surface area contributed by atoms with E-state index in [4.69, 9.17) is 5.73 Å². The maximum atomic E-state index is 12.1. The van der Waals surface area contributed by atoms with Crippen molar-refractivity contribution in [2.75, 3.05) is 0 Å². The summed E-state index contributed by atoms with van der Waals surface area (Å²) in [6.07, 6.45) is 0. The zero-order valence-electron chi connectivity index (χ0n) is 5.58. The van der Waals surface area contributed by atoms with Gasteiger partial charge in [0, 0.05) is 0 Å². The van der Waals surface area contributed by atoms with Crippen LogP contribution in [-0.2, 0) is 0 Å². The predicted octanol–water partition coefficient (Wildman–Crippen LogP) is 1.76. The van der Waals surface area contributed by atoms with Crippen molar-refractivity contribution in [2.24, 2.45) is 5.73 Å². The molecule has 1 rings (SSSR count). The Bertz CT molecular complexity index is 277. The molecule has 0 atom stereocenters. The molecule has 0 fully saturated rings. The third-order valence-corrected chi connectivity index (χ3v) is 1.76. The molecule has 0 unspecified atom stereocenters. The van der Waals surface area contributed by atoms with Gasteiger partial charge in [-0.2, -0.15) is 3.89 Å². The highest BCUT2D eigenvalue weighted by molar-refractivity contribution is 7.94. The lowest BCUT2D eigenvalue weighted by molar-refractivity contribution is 0.0997. The average molecular weight is 171 g/mol. The van der Waals surface area contributed by atoms with Gasteiger partial charge < -0.3 is 5.73 Å². The predicted molar refractivity (Wildman–Crippen MR) is 41.9 cm³/mol. The molecule has 0 aliphatic carbocycles. The lowest BCUT2D eigenvalue weighted by atomic mass is 10.2. The molecule has 0 radical (unpaired) electrons. The van der Waals surface area contributed by atoms with Gasteiger partial charge in [0.2, 0.25) is 5.91 Å². The number of halogens is 1. The number of benzene rings is 1. The summed E-state index contributed by atoms with van der Waals surface area (Å²) in [6.45, 7) is 0. The SMILES string of the molecule is NC(=O)c1ccccc1SF. The van der Waals surface area contributed by atoms with Gasteiger partial charge in [0.25, 0.3) is 0 Å². The van der Waals surface area contributed by atoms with Crippen LogP contribution in [-0.4, -0.2) is 5.91 Å². The molecule has 2 nitrogen and oxygen atoms in total. The first-order valence-corrected chi connectivity index (χ1v) is 3.65. The van der Waals surface area contributed by atoms with Crippen molar-refractivity contribution in [3.05, 3.63) is 29.8 Å². The summed E-state index contributed by atoms with van der Waals surface area (Å²) in [5, 5.41) is 0. The van der Waals surface area contributed by atoms with Gasteiger partial charge in [-0.05, 0) is 12.1 Å². The second kappa shape index (κ2) is 3.39. The molecule has 4 heteroatoms. The Morgan fingerprint density at radius 3 is 2.55 bits per heavy atom. The second-order valence-corrected chi connectivity index (χ2v) is 2.53. The molecule has 2 N–H and O–H groups in total. The molecule has 0 aromatic heterocycles. The van der Waals surface area contributed by atoms with E-state index < -0.39 is 5.91 Å². The van der Waals surface area contributed by atoms with Crippen LogP contribution in [0.5, 0.6) is 0 Å². The summed E-state index contributed by atoms with van der Waals surface area (Å²) >= 11 is 0.0229. The van der Waals surface area contributed by atoms with Crippen molar-refractivity contribution >= 4 is 18.1 Å². The van der Waals surface area contributed by atoms with E-state index in [0.29, 0.717) is 0 Å². The molecule has 0 aliphatic rings. The fourth-order valence-corrected chi connectivity index (χ4v) is 1.12. The molecule has 0 saturated carbocycles. The average Bonchev–Trinajstić information content (AvgIpc) is 2.04. The smallest absolute Gasteiger partial charge is 0.249 e. The minimum absolute atomic E-state index is 0.0229. The first-order valence-electron chi connectivity index (χ1n) is 2.93. The molecule has 0 aliphatic heterocycles. The van der Waals surface area contributed by atoms with Crippen LogP contribution in [0.15, 0.2) is 29.2 Å². The van der Waals surface area contributed by atoms with Gasteiger partial charge in [0.15, 0.2) is 0 Å². The van der Waals surface area contributed by atoms with Crippen LogP contribution in [0.4, 0.5) is 3.89 Å². The van der Waals surface area contributed by atoms with Crippen molar-refractivity contribution in [3.63, 3.8) is 0 Å². The second-order valence-electron chi connectivity index (χ2n) is 1.94. The van der Waals surface area contributed by atoms with Gasteiger partial charge in [-0.3, -0.25) is 4.79 Å². The third-order valence-electron chi connectivity index (χ3n) is 1.24. The van der Waals surface area contributed by atoms with Crippen molar-refractivity contribution in [3.8, 4) is 0 Å². The summed E-state index contributed by atoms with van der Waals surface area (Å²) in [4.78, 5) is 10.9. The van der Waals surface area contributed by atoms with Crippen LogP contribution in [0.25, 0.3) is 0 Å². The van der Waals surface area contributed by atoms with E-state index in [-0.39, 0.29) is 22.6 Å².